The number of nitrogens with one attached hydrogen (secondary N) is 1. The molecule has 7 nitrogen and oxygen atoms in total. The molecule has 2 fully saturated rings. The fourth-order valence-electron chi connectivity index (χ4n) is 3.97. The minimum Gasteiger partial charge on any atom is -0.465 e. The minimum atomic E-state index is -0.223. The number of hydrogen-bond acceptors (Lipinski definition) is 6. The van der Waals surface area contributed by atoms with E-state index in [1.165, 1.54) is 12.0 Å². The fourth-order valence-corrected chi connectivity index (χ4v) is 3.97. The van der Waals surface area contributed by atoms with E-state index in [2.05, 4.69) is 27.1 Å². The highest BCUT2D eigenvalue weighted by atomic mass is 35.5. The van der Waals surface area contributed by atoms with Crippen LogP contribution < -0.4 is 5.32 Å². The van der Waals surface area contributed by atoms with Gasteiger partial charge in [0.1, 0.15) is 6.54 Å². The van der Waals surface area contributed by atoms with Gasteiger partial charge in [-0.25, -0.2) is 0 Å². The van der Waals surface area contributed by atoms with Crippen molar-refractivity contribution in [3.63, 3.8) is 0 Å². The lowest BCUT2D eigenvalue weighted by molar-refractivity contribution is -0.144. The molecule has 1 unspecified atom stereocenters. The standard InChI is InChI=1S/C18H31N5O2.ClH/c1-4-25-18(24)13-23-15(3)17(14(2)20-23)12-21-8-5-16(11-21)22-9-6-19-7-10-22;/h16,19H,4-13H2,1-3H3;1H. The summed E-state index contributed by atoms with van der Waals surface area (Å²) in [7, 11) is 0. The first-order chi connectivity index (χ1) is 12.1. The Balaban J connectivity index is 0.00000243. The van der Waals surface area contributed by atoms with Gasteiger partial charge in [-0.05, 0) is 27.2 Å². The van der Waals surface area contributed by atoms with Crippen LogP contribution in [0.4, 0.5) is 0 Å². The number of halogens is 1. The van der Waals surface area contributed by atoms with Crippen molar-refractivity contribution in [2.24, 2.45) is 0 Å². The van der Waals surface area contributed by atoms with Crippen LogP contribution in [0.2, 0.25) is 0 Å². The van der Waals surface area contributed by atoms with E-state index in [1.807, 2.05) is 13.8 Å². The van der Waals surface area contributed by atoms with E-state index >= 15 is 0 Å². The van der Waals surface area contributed by atoms with Crippen molar-refractivity contribution in [2.75, 3.05) is 45.9 Å². The molecule has 3 rings (SSSR count). The van der Waals surface area contributed by atoms with Gasteiger partial charge in [-0.15, -0.1) is 12.4 Å². The lowest BCUT2D eigenvalue weighted by Crippen LogP contribution is -2.49. The van der Waals surface area contributed by atoms with Crippen LogP contribution >= 0.6 is 12.4 Å². The number of nitrogens with zero attached hydrogens (tertiary/aromatic N) is 4. The Morgan fingerprint density at radius 1 is 1.27 bits per heavy atom. The zero-order valence-electron chi connectivity index (χ0n) is 16.2. The van der Waals surface area contributed by atoms with Gasteiger partial charge in [0.05, 0.1) is 12.3 Å². The monoisotopic (exact) mass is 385 g/mol. The SMILES string of the molecule is CCOC(=O)Cn1nc(C)c(CN2CCC(N3CCNCC3)C2)c1C.Cl. The summed E-state index contributed by atoms with van der Waals surface area (Å²) in [6.07, 6.45) is 1.25. The lowest BCUT2D eigenvalue weighted by Gasteiger charge is -2.32. The van der Waals surface area contributed by atoms with Crippen molar-refractivity contribution in [1.29, 1.82) is 0 Å². The number of carbonyl (C=O) groups excluding carboxylic acids is 1. The molecule has 0 spiro atoms. The Morgan fingerprint density at radius 2 is 2.00 bits per heavy atom. The third kappa shape index (κ3) is 4.97. The first-order valence-electron chi connectivity index (χ1n) is 9.44. The Morgan fingerprint density at radius 3 is 2.69 bits per heavy atom. The number of likely N-dealkylation sites (tertiary alicyclic amines) is 1. The second-order valence-electron chi connectivity index (χ2n) is 7.08. The van der Waals surface area contributed by atoms with Crippen molar-refractivity contribution in [2.45, 2.75) is 46.3 Å². The molecule has 0 aliphatic carbocycles. The van der Waals surface area contributed by atoms with Crippen molar-refractivity contribution in [3.8, 4) is 0 Å². The first-order valence-corrected chi connectivity index (χ1v) is 9.44. The summed E-state index contributed by atoms with van der Waals surface area (Å²) in [6.45, 7) is 14.2. The Labute approximate surface area is 162 Å². The summed E-state index contributed by atoms with van der Waals surface area (Å²) < 4.78 is 6.83. The maximum Gasteiger partial charge on any atom is 0.327 e. The number of esters is 1. The van der Waals surface area contributed by atoms with Crippen LogP contribution in [0.5, 0.6) is 0 Å². The molecule has 1 aromatic heterocycles. The van der Waals surface area contributed by atoms with Gasteiger partial charge >= 0.3 is 5.97 Å². The summed E-state index contributed by atoms with van der Waals surface area (Å²) in [4.78, 5) is 16.9. The van der Waals surface area contributed by atoms with E-state index in [4.69, 9.17) is 4.74 Å². The second kappa shape index (κ2) is 9.69. The molecule has 0 bridgehead atoms. The topological polar surface area (TPSA) is 62.6 Å². The molecule has 0 saturated carbocycles. The second-order valence-corrected chi connectivity index (χ2v) is 7.08. The smallest absolute Gasteiger partial charge is 0.327 e. The molecular weight excluding hydrogens is 354 g/mol. The molecule has 148 valence electrons. The average molecular weight is 386 g/mol. The third-order valence-corrected chi connectivity index (χ3v) is 5.41. The predicted octanol–water partition coefficient (Wildman–Crippen LogP) is 0.964. The minimum absolute atomic E-state index is 0. The van der Waals surface area contributed by atoms with Crippen LogP contribution in [0.1, 0.15) is 30.3 Å². The van der Waals surface area contributed by atoms with Gasteiger partial charge in [-0.2, -0.15) is 5.10 Å². The number of carbonyl (C=O) groups is 1. The number of aryl methyl sites for hydroxylation is 1. The molecule has 1 N–H and O–H groups in total. The van der Waals surface area contributed by atoms with Gasteiger partial charge in [-0.1, -0.05) is 0 Å². The molecule has 0 radical (unpaired) electrons. The van der Waals surface area contributed by atoms with Crippen molar-refractivity contribution >= 4 is 18.4 Å². The first kappa shape index (κ1) is 21.2. The quantitative estimate of drug-likeness (QED) is 0.736. The molecule has 2 aliphatic heterocycles. The van der Waals surface area contributed by atoms with Gasteiger partial charge in [0.25, 0.3) is 0 Å². The van der Waals surface area contributed by atoms with Crippen LogP contribution in [0.15, 0.2) is 0 Å². The molecule has 8 heteroatoms. The zero-order chi connectivity index (χ0) is 17.8. The summed E-state index contributed by atoms with van der Waals surface area (Å²) in [5.74, 6) is -0.223. The summed E-state index contributed by atoms with van der Waals surface area (Å²) in [5.41, 5.74) is 3.36. The molecule has 26 heavy (non-hydrogen) atoms. The van der Waals surface area contributed by atoms with E-state index in [0.29, 0.717) is 12.6 Å². The van der Waals surface area contributed by atoms with E-state index in [9.17, 15) is 4.79 Å². The predicted molar refractivity (Wildman–Crippen MR) is 104 cm³/mol. The summed E-state index contributed by atoms with van der Waals surface area (Å²) in [5, 5.41) is 7.98. The molecular formula is C18H32ClN5O2. The molecule has 0 amide bonds. The maximum absolute atomic E-state index is 11.7. The third-order valence-electron chi connectivity index (χ3n) is 5.41. The highest BCUT2D eigenvalue weighted by molar-refractivity contribution is 5.85. The molecule has 3 heterocycles. The number of piperazine rings is 1. The fraction of sp³-hybridized carbons (Fsp3) is 0.778. The number of hydrogen-bond donors (Lipinski definition) is 1. The van der Waals surface area contributed by atoms with Gasteiger partial charge in [0.2, 0.25) is 0 Å². The zero-order valence-corrected chi connectivity index (χ0v) is 17.0. The van der Waals surface area contributed by atoms with Gasteiger partial charge in [-0.3, -0.25) is 19.3 Å². The number of rotatable bonds is 6. The van der Waals surface area contributed by atoms with E-state index in [-0.39, 0.29) is 24.9 Å². The van der Waals surface area contributed by atoms with E-state index in [1.54, 1.807) is 4.68 Å². The normalized spacial score (nSPS) is 21.6. The highest BCUT2D eigenvalue weighted by Gasteiger charge is 2.29. The molecule has 0 aromatic carbocycles. The van der Waals surface area contributed by atoms with Crippen LogP contribution in [-0.4, -0.2) is 77.5 Å². The molecule has 1 atom stereocenters. The molecule has 1 aromatic rings. The molecule has 2 saturated heterocycles. The summed E-state index contributed by atoms with van der Waals surface area (Å²) in [6, 6.07) is 0.678. The van der Waals surface area contributed by atoms with Crippen LogP contribution in [0.3, 0.4) is 0 Å². The summed E-state index contributed by atoms with van der Waals surface area (Å²) >= 11 is 0. The number of aromatic nitrogens is 2. The van der Waals surface area contributed by atoms with Crippen LogP contribution in [-0.2, 0) is 22.6 Å². The van der Waals surface area contributed by atoms with Crippen molar-refractivity contribution in [1.82, 2.24) is 24.9 Å². The van der Waals surface area contributed by atoms with Crippen molar-refractivity contribution < 1.29 is 9.53 Å². The van der Waals surface area contributed by atoms with Crippen molar-refractivity contribution in [3.05, 3.63) is 17.0 Å². The number of ether oxygens (including phenoxy) is 1. The largest absolute Gasteiger partial charge is 0.465 e. The van der Waals surface area contributed by atoms with Crippen LogP contribution in [0, 0.1) is 13.8 Å². The van der Waals surface area contributed by atoms with E-state index < -0.39 is 0 Å². The van der Waals surface area contributed by atoms with Crippen LogP contribution in [0.25, 0.3) is 0 Å². The molecule has 2 aliphatic rings. The Bertz CT molecular complexity index is 601. The van der Waals surface area contributed by atoms with Gasteiger partial charge in [0, 0.05) is 63.1 Å². The van der Waals surface area contributed by atoms with Gasteiger partial charge < -0.3 is 10.1 Å². The van der Waals surface area contributed by atoms with E-state index in [0.717, 1.165) is 57.2 Å². The Kier molecular flexibility index (Phi) is 7.88. The van der Waals surface area contributed by atoms with Gasteiger partial charge in [0.15, 0.2) is 0 Å². The Hall–Kier alpha value is -1.15. The lowest BCUT2D eigenvalue weighted by atomic mass is 10.2. The average Bonchev–Trinajstić information content (AvgIpc) is 3.17. The maximum atomic E-state index is 11.7. The highest BCUT2D eigenvalue weighted by Crippen LogP contribution is 2.21.